The summed E-state index contributed by atoms with van der Waals surface area (Å²) in [4.78, 5) is 25.0. The van der Waals surface area contributed by atoms with Crippen molar-refractivity contribution < 1.29 is 24.2 Å². The van der Waals surface area contributed by atoms with E-state index < -0.39 is 11.5 Å². The van der Waals surface area contributed by atoms with Gasteiger partial charge in [-0.3, -0.25) is 9.59 Å². The lowest BCUT2D eigenvalue weighted by Crippen LogP contribution is -2.36. The number of ether oxygens (including phenoxy) is 2. The van der Waals surface area contributed by atoms with Gasteiger partial charge in [0.15, 0.2) is 22.9 Å². The number of hydrogen-bond acceptors (Lipinski definition) is 5. The summed E-state index contributed by atoms with van der Waals surface area (Å²) in [7, 11) is 0. The zero-order valence-electron chi connectivity index (χ0n) is 13.0. The highest BCUT2D eigenvalue weighted by molar-refractivity contribution is 9.10. The van der Waals surface area contributed by atoms with E-state index in [9.17, 15) is 14.7 Å². The number of rotatable bonds is 3. The van der Waals surface area contributed by atoms with E-state index >= 15 is 0 Å². The molecule has 0 saturated carbocycles. The molecule has 0 fully saturated rings. The second kappa shape index (κ2) is 5.86. The van der Waals surface area contributed by atoms with Crippen LogP contribution in [0.3, 0.4) is 0 Å². The fraction of sp³-hybridized carbons (Fsp3) is 0.222. The van der Waals surface area contributed by atoms with Crippen LogP contribution in [-0.2, 0) is 10.4 Å². The second-order valence-electron chi connectivity index (χ2n) is 5.96. The van der Waals surface area contributed by atoms with Gasteiger partial charge in [0.25, 0.3) is 5.91 Å². The minimum atomic E-state index is -1.90. The summed E-state index contributed by atoms with van der Waals surface area (Å²) < 4.78 is 11.6. The Balaban J connectivity index is 1.65. The highest BCUT2D eigenvalue weighted by Crippen LogP contribution is 2.41. The summed E-state index contributed by atoms with van der Waals surface area (Å²) in [5.74, 6) is 0.103. The second-order valence-corrected chi connectivity index (χ2v) is 6.88. The molecule has 0 unspecified atom stereocenters. The number of halogens is 1. The van der Waals surface area contributed by atoms with Crippen LogP contribution < -0.4 is 14.8 Å². The molecule has 128 valence electrons. The van der Waals surface area contributed by atoms with Crippen molar-refractivity contribution in [1.82, 2.24) is 0 Å². The van der Waals surface area contributed by atoms with Crippen LogP contribution >= 0.6 is 15.9 Å². The number of aliphatic hydroxyl groups is 1. The van der Waals surface area contributed by atoms with E-state index in [4.69, 9.17) is 9.47 Å². The van der Waals surface area contributed by atoms with Crippen molar-refractivity contribution in [1.29, 1.82) is 0 Å². The highest BCUT2D eigenvalue weighted by atomic mass is 79.9. The minimum Gasteiger partial charge on any atom is -0.486 e. The van der Waals surface area contributed by atoms with Crippen molar-refractivity contribution >= 4 is 33.3 Å². The van der Waals surface area contributed by atoms with Gasteiger partial charge < -0.3 is 19.9 Å². The zero-order valence-corrected chi connectivity index (χ0v) is 14.6. The molecule has 2 aliphatic heterocycles. The molecule has 25 heavy (non-hydrogen) atoms. The van der Waals surface area contributed by atoms with Crippen molar-refractivity contribution in [3.63, 3.8) is 0 Å². The highest BCUT2D eigenvalue weighted by Gasteiger charge is 2.47. The Bertz CT molecular complexity index is 897. The third kappa shape index (κ3) is 2.69. The molecule has 0 spiro atoms. The van der Waals surface area contributed by atoms with Gasteiger partial charge in [0, 0.05) is 21.3 Å². The third-order valence-electron chi connectivity index (χ3n) is 4.33. The average Bonchev–Trinajstić information content (AvgIpc) is 2.85. The van der Waals surface area contributed by atoms with Crippen molar-refractivity contribution in [3.8, 4) is 11.5 Å². The lowest BCUT2D eigenvalue weighted by Gasteiger charge is -2.21. The number of anilines is 1. The standard InChI is InChI=1S/C18H14BrNO5/c19-11-2-3-13-12(8-11)18(23,17(22)20-13)9-14(21)10-1-4-15-16(7-10)25-6-5-24-15/h1-4,7-8,23H,5-6,9H2,(H,20,22)/t18-/m0/s1. The average molecular weight is 404 g/mol. The van der Waals surface area contributed by atoms with Crippen LogP contribution in [0.2, 0.25) is 0 Å². The van der Waals surface area contributed by atoms with E-state index in [0.717, 1.165) is 0 Å². The molecule has 2 N–H and O–H groups in total. The number of Topliss-reactive ketones (excluding diaryl/α,β-unsaturated/α-hetero) is 1. The normalized spacial score (nSPS) is 20.8. The van der Waals surface area contributed by atoms with Gasteiger partial charge in [0.2, 0.25) is 0 Å². The quantitative estimate of drug-likeness (QED) is 0.769. The molecule has 1 amide bonds. The van der Waals surface area contributed by atoms with Crippen LogP contribution in [0, 0.1) is 0 Å². The van der Waals surface area contributed by atoms with Crippen molar-refractivity contribution in [2.75, 3.05) is 18.5 Å². The van der Waals surface area contributed by atoms with E-state index in [1.54, 1.807) is 36.4 Å². The molecule has 0 aromatic heterocycles. The van der Waals surface area contributed by atoms with Gasteiger partial charge in [-0.25, -0.2) is 0 Å². The Hall–Kier alpha value is -2.38. The first-order valence-corrected chi connectivity index (χ1v) is 8.53. The molecule has 2 aromatic carbocycles. The van der Waals surface area contributed by atoms with Crippen molar-refractivity contribution in [3.05, 3.63) is 52.0 Å². The fourth-order valence-electron chi connectivity index (χ4n) is 3.04. The Morgan fingerprint density at radius 3 is 2.72 bits per heavy atom. The Morgan fingerprint density at radius 1 is 1.16 bits per heavy atom. The summed E-state index contributed by atoms with van der Waals surface area (Å²) in [6.07, 6.45) is -0.359. The monoisotopic (exact) mass is 403 g/mol. The lowest BCUT2D eigenvalue weighted by molar-refractivity contribution is -0.133. The number of carbonyl (C=O) groups is 2. The first kappa shape index (κ1) is 16.1. The fourth-order valence-corrected chi connectivity index (χ4v) is 3.40. The van der Waals surface area contributed by atoms with Gasteiger partial charge in [-0.2, -0.15) is 0 Å². The SMILES string of the molecule is O=C(C[C@@]1(O)C(=O)Nc2ccc(Br)cc21)c1ccc2c(c1)OCCO2. The summed E-state index contributed by atoms with van der Waals surface area (Å²) in [5.41, 5.74) is -0.652. The number of benzene rings is 2. The molecule has 0 saturated heterocycles. The molecule has 2 aliphatic rings. The summed E-state index contributed by atoms with van der Waals surface area (Å²) in [6.45, 7) is 0.879. The van der Waals surface area contributed by atoms with E-state index in [-0.39, 0.29) is 12.2 Å². The predicted molar refractivity (Wildman–Crippen MR) is 93.0 cm³/mol. The predicted octanol–water partition coefficient (Wildman–Crippen LogP) is 2.63. The maximum Gasteiger partial charge on any atom is 0.261 e. The molecule has 4 rings (SSSR count). The largest absolute Gasteiger partial charge is 0.486 e. The first-order chi connectivity index (χ1) is 12.0. The molecule has 2 heterocycles. The van der Waals surface area contributed by atoms with Crippen LogP contribution in [0.15, 0.2) is 40.9 Å². The van der Waals surface area contributed by atoms with Crippen LogP contribution in [0.1, 0.15) is 22.3 Å². The smallest absolute Gasteiger partial charge is 0.261 e. The van der Waals surface area contributed by atoms with Crippen LogP contribution in [0.4, 0.5) is 5.69 Å². The van der Waals surface area contributed by atoms with E-state index in [2.05, 4.69) is 21.2 Å². The van der Waals surface area contributed by atoms with Gasteiger partial charge in [-0.1, -0.05) is 15.9 Å². The molecular weight excluding hydrogens is 390 g/mol. The number of carbonyl (C=O) groups excluding carboxylic acids is 2. The van der Waals surface area contributed by atoms with Gasteiger partial charge in [-0.15, -0.1) is 0 Å². The molecular formula is C18H14BrNO5. The van der Waals surface area contributed by atoms with E-state index in [1.807, 2.05) is 0 Å². The Labute approximate surface area is 151 Å². The summed E-state index contributed by atoms with van der Waals surface area (Å²) in [5, 5.41) is 13.5. The summed E-state index contributed by atoms with van der Waals surface area (Å²) >= 11 is 3.32. The van der Waals surface area contributed by atoms with Gasteiger partial charge in [0.05, 0.1) is 6.42 Å². The number of hydrogen-bond donors (Lipinski definition) is 2. The maximum atomic E-state index is 12.7. The number of ketones is 1. The maximum absolute atomic E-state index is 12.7. The van der Waals surface area contributed by atoms with Crippen molar-refractivity contribution in [2.45, 2.75) is 12.0 Å². The van der Waals surface area contributed by atoms with Crippen LogP contribution in [-0.4, -0.2) is 30.0 Å². The molecule has 0 aliphatic carbocycles. The Morgan fingerprint density at radius 2 is 1.92 bits per heavy atom. The minimum absolute atomic E-state index is 0.355. The zero-order chi connectivity index (χ0) is 17.6. The topological polar surface area (TPSA) is 84.9 Å². The van der Waals surface area contributed by atoms with Crippen LogP contribution in [0.25, 0.3) is 0 Å². The lowest BCUT2D eigenvalue weighted by atomic mass is 9.88. The Kier molecular flexibility index (Phi) is 3.77. The molecule has 0 radical (unpaired) electrons. The molecule has 6 nitrogen and oxygen atoms in total. The third-order valence-corrected chi connectivity index (χ3v) is 4.82. The molecule has 0 bridgehead atoms. The number of nitrogens with one attached hydrogen (secondary N) is 1. The molecule has 1 atom stereocenters. The molecule has 7 heteroatoms. The van der Waals surface area contributed by atoms with Crippen LogP contribution in [0.5, 0.6) is 11.5 Å². The summed E-state index contributed by atoms with van der Waals surface area (Å²) in [6, 6.07) is 9.93. The van der Waals surface area contributed by atoms with E-state index in [0.29, 0.717) is 46.0 Å². The molecule has 2 aromatic rings. The number of amides is 1. The number of fused-ring (bicyclic) bond motifs is 2. The van der Waals surface area contributed by atoms with Crippen molar-refractivity contribution in [2.24, 2.45) is 0 Å². The van der Waals surface area contributed by atoms with E-state index in [1.165, 1.54) is 0 Å². The van der Waals surface area contributed by atoms with Gasteiger partial charge >= 0.3 is 0 Å². The first-order valence-electron chi connectivity index (χ1n) is 7.74. The van der Waals surface area contributed by atoms with Gasteiger partial charge in [0.1, 0.15) is 13.2 Å². The van der Waals surface area contributed by atoms with Gasteiger partial charge in [-0.05, 0) is 36.4 Å².